The first-order valence-electron chi connectivity index (χ1n) is 11.8. The number of hydrogen-bond acceptors (Lipinski definition) is 10. The SMILES string of the molecule is Cc1cc(C#N)nc(N2CCN(S(=O)(=O)c3ccc([N+]4(C(=O)OCc5ccccc5)CC4)nn3)CC2)n1. The lowest BCUT2D eigenvalue weighted by Crippen LogP contribution is -2.49. The number of aromatic nitrogens is 4. The maximum absolute atomic E-state index is 13.2. The minimum atomic E-state index is -3.88. The van der Waals surface area contributed by atoms with Crippen molar-refractivity contribution in [2.24, 2.45) is 0 Å². The van der Waals surface area contributed by atoms with E-state index in [2.05, 4.69) is 20.2 Å². The van der Waals surface area contributed by atoms with Crippen LogP contribution in [0.1, 0.15) is 17.0 Å². The first kappa shape index (κ1) is 24.7. The first-order valence-corrected chi connectivity index (χ1v) is 13.2. The molecule has 37 heavy (non-hydrogen) atoms. The van der Waals surface area contributed by atoms with Gasteiger partial charge in [-0.1, -0.05) is 35.4 Å². The average Bonchev–Trinajstić information content (AvgIpc) is 3.74. The Morgan fingerprint density at radius 2 is 1.78 bits per heavy atom. The number of hydrogen-bond donors (Lipinski definition) is 0. The number of sulfonamides is 1. The molecule has 2 aromatic heterocycles. The van der Waals surface area contributed by atoms with Gasteiger partial charge in [0.05, 0.1) is 0 Å². The number of amides is 1. The van der Waals surface area contributed by atoms with E-state index in [4.69, 9.17) is 10.00 Å². The van der Waals surface area contributed by atoms with Crippen molar-refractivity contribution in [2.75, 3.05) is 44.2 Å². The van der Waals surface area contributed by atoms with Crippen LogP contribution in [0.5, 0.6) is 0 Å². The molecular formula is C24H25N8O4S+. The van der Waals surface area contributed by atoms with Crippen LogP contribution in [-0.4, -0.2) is 78.3 Å². The summed E-state index contributed by atoms with van der Waals surface area (Å²) in [6.07, 6.45) is -0.442. The summed E-state index contributed by atoms with van der Waals surface area (Å²) in [7, 11) is -3.88. The fourth-order valence-electron chi connectivity index (χ4n) is 4.14. The van der Waals surface area contributed by atoms with Crippen molar-refractivity contribution in [3.05, 3.63) is 65.5 Å². The van der Waals surface area contributed by atoms with Crippen molar-refractivity contribution >= 4 is 27.9 Å². The Hall–Kier alpha value is -3.99. The number of quaternary nitrogens is 1. The Morgan fingerprint density at radius 3 is 2.41 bits per heavy atom. The predicted octanol–water partition coefficient (Wildman–Crippen LogP) is 1.62. The lowest BCUT2D eigenvalue weighted by Gasteiger charge is -2.33. The van der Waals surface area contributed by atoms with Crippen LogP contribution in [0.3, 0.4) is 0 Å². The van der Waals surface area contributed by atoms with Crippen LogP contribution in [0.25, 0.3) is 0 Å². The van der Waals surface area contributed by atoms with Gasteiger partial charge in [-0.2, -0.15) is 18.8 Å². The molecule has 12 nitrogen and oxygen atoms in total. The Balaban J connectivity index is 1.23. The fourth-order valence-corrected chi connectivity index (χ4v) is 5.43. The minimum Gasteiger partial charge on any atom is -0.415 e. The standard InChI is InChI=1S/C24H25N8O4S/c1-18-15-20(16-25)27-23(26-18)30-9-11-31(12-10-30)37(34,35)22-8-7-21(28-29-22)32(13-14-32)24(33)36-17-19-5-3-2-4-6-19/h2-8,15H,9-14,17H2,1H3/q+1. The Labute approximate surface area is 214 Å². The van der Waals surface area contributed by atoms with E-state index in [-0.39, 0.29) is 34.9 Å². The predicted molar refractivity (Wildman–Crippen MR) is 133 cm³/mol. The number of benzene rings is 1. The Bertz CT molecular complexity index is 1450. The molecule has 0 saturated carbocycles. The van der Waals surface area contributed by atoms with Gasteiger partial charge in [-0.05, 0) is 24.6 Å². The molecule has 1 aromatic carbocycles. The molecule has 0 radical (unpaired) electrons. The molecule has 4 heterocycles. The van der Waals surface area contributed by atoms with E-state index in [9.17, 15) is 13.2 Å². The van der Waals surface area contributed by atoms with Gasteiger partial charge in [0.2, 0.25) is 5.95 Å². The van der Waals surface area contributed by atoms with Gasteiger partial charge < -0.3 is 9.64 Å². The van der Waals surface area contributed by atoms with E-state index in [1.807, 2.05) is 41.3 Å². The highest BCUT2D eigenvalue weighted by atomic mass is 32.2. The monoisotopic (exact) mass is 521 g/mol. The summed E-state index contributed by atoms with van der Waals surface area (Å²) in [4.78, 5) is 23.2. The summed E-state index contributed by atoms with van der Waals surface area (Å²) in [5, 5.41) is 17.0. The number of carbonyl (C=O) groups is 1. The van der Waals surface area contributed by atoms with Crippen molar-refractivity contribution in [1.29, 1.82) is 5.26 Å². The van der Waals surface area contributed by atoms with Gasteiger partial charge in [-0.3, -0.25) is 0 Å². The summed E-state index contributed by atoms with van der Waals surface area (Å²) < 4.78 is 33.1. The summed E-state index contributed by atoms with van der Waals surface area (Å²) in [5.74, 6) is 0.760. The van der Waals surface area contributed by atoms with Crippen LogP contribution >= 0.6 is 0 Å². The lowest BCUT2D eigenvalue weighted by atomic mass is 10.2. The third-order valence-electron chi connectivity index (χ3n) is 6.37. The van der Waals surface area contributed by atoms with Gasteiger partial charge in [0.25, 0.3) is 15.8 Å². The summed E-state index contributed by atoms with van der Waals surface area (Å²) in [6.45, 7) is 4.11. The third-order valence-corrected chi connectivity index (χ3v) is 8.16. The second-order valence-electron chi connectivity index (χ2n) is 8.88. The van der Waals surface area contributed by atoms with Crippen LogP contribution in [0.4, 0.5) is 16.6 Å². The maximum atomic E-state index is 13.2. The quantitative estimate of drug-likeness (QED) is 0.347. The average molecular weight is 522 g/mol. The molecule has 190 valence electrons. The van der Waals surface area contributed by atoms with Crippen molar-refractivity contribution in [2.45, 2.75) is 18.6 Å². The molecule has 0 N–H and O–H groups in total. The second-order valence-corrected chi connectivity index (χ2v) is 10.8. The lowest BCUT2D eigenvalue weighted by molar-refractivity contribution is 0.124. The van der Waals surface area contributed by atoms with E-state index < -0.39 is 16.1 Å². The zero-order valence-corrected chi connectivity index (χ0v) is 21.0. The fraction of sp³-hybridized carbons (Fsp3) is 0.333. The molecule has 3 aromatic rings. The first-order chi connectivity index (χ1) is 17.8. The zero-order valence-electron chi connectivity index (χ0n) is 20.2. The van der Waals surface area contributed by atoms with Gasteiger partial charge in [-0.15, -0.1) is 5.10 Å². The van der Waals surface area contributed by atoms with Gasteiger partial charge in [0.1, 0.15) is 31.5 Å². The molecule has 0 aliphatic carbocycles. The van der Waals surface area contributed by atoms with Gasteiger partial charge in [0, 0.05) is 37.9 Å². The molecule has 5 rings (SSSR count). The molecule has 13 heteroatoms. The minimum absolute atomic E-state index is 0.111. The van der Waals surface area contributed by atoms with E-state index in [1.165, 1.54) is 16.4 Å². The van der Waals surface area contributed by atoms with Crippen molar-refractivity contribution in [3.8, 4) is 6.07 Å². The number of rotatable bonds is 6. The zero-order chi connectivity index (χ0) is 26.0. The highest BCUT2D eigenvalue weighted by Crippen LogP contribution is 2.32. The van der Waals surface area contributed by atoms with E-state index in [0.717, 1.165) is 5.56 Å². The number of anilines is 1. The van der Waals surface area contributed by atoms with Crippen LogP contribution in [0, 0.1) is 18.3 Å². The van der Waals surface area contributed by atoms with Gasteiger partial charge in [-0.25, -0.2) is 18.4 Å². The normalized spacial score (nSPS) is 17.1. The summed E-state index contributed by atoms with van der Waals surface area (Å²) >= 11 is 0. The van der Waals surface area contributed by atoms with Gasteiger partial charge in [0.15, 0.2) is 5.03 Å². The molecule has 1 amide bonds. The van der Waals surface area contributed by atoms with Crippen LogP contribution in [-0.2, 0) is 21.4 Å². The van der Waals surface area contributed by atoms with Crippen LogP contribution < -0.4 is 9.38 Å². The molecule has 2 aliphatic rings. The van der Waals surface area contributed by atoms with Crippen molar-refractivity contribution in [3.63, 3.8) is 0 Å². The van der Waals surface area contributed by atoms with E-state index in [0.29, 0.717) is 43.6 Å². The highest BCUT2D eigenvalue weighted by Gasteiger charge is 2.56. The molecular weight excluding hydrogens is 496 g/mol. The second kappa shape index (κ2) is 9.81. The number of nitrogens with zero attached hydrogens (tertiary/aromatic N) is 8. The van der Waals surface area contributed by atoms with E-state index >= 15 is 0 Å². The molecule has 2 fully saturated rings. The van der Waals surface area contributed by atoms with Crippen molar-refractivity contribution in [1.82, 2.24) is 29.0 Å². The highest BCUT2D eigenvalue weighted by molar-refractivity contribution is 7.89. The Morgan fingerprint density at radius 1 is 1.05 bits per heavy atom. The molecule has 0 spiro atoms. The number of ether oxygens (including phenoxy) is 1. The molecule has 2 saturated heterocycles. The number of carbonyl (C=O) groups excluding carboxylic acids is 1. The smallest absolute Gasteiger partial charge is 0.415 e. The topological polar surface area (TPSA) is 142 Å². The third kappa shape index (κ3) is 4.99. The number of nitriles is 1. The molecule has 0 atom stereocenters. The summed E-state index contributed by atoms with van der Waals surface area (Å²) in [6, 6.07) is 15.9. The molecule has 0 unspecified atom stereocenters. The van der Waals surface area contributed by atoms with Crippen LogP contribution in [0.15, 0.2) is 53.6 Å². The van der Waals surface area contributed by atoms with E-state index in [1.54, 1.807) is 13.0 Å². The largest absolute Gasteiger partial charge is 0.523 e. The summed E-state index contributed by atoms with van der Waals surface area (Å²) in [5.41, 5.74) is 1.81. The van der Waals surface area contributed by atoms with Crippen LogP contribution in [0.2, 0.25) is 0 Å². The number of aryl methyl sites for hydroxylation is 1. The Kier molecular flexibility index (Phi) is 6.55. The van der Waals surface area contributed by atoms with Gasteiger partial charge >= 0.3 is 6.09 Å². The molecule has 2 aliphatic heterocycles. The van der Waals surface area contributed by atoms with Crippen molar-refractivity contribution < 1.29 is 17.9 Å². The molecule has 0 bridgehead atoms. The number of piperazine rings is 1. The maximum Gasteiger partial charge on any atom is 0.523 e.